The summed E-state index contributed by atoms with van der Waals surface area (Å²) in [5, 5.41) is 0.602. The highest BCUT2D eigenvalue weighted by Gasteiger charge is 2.34. The minimum absolute atomic E-state index is 0.129. The highest BCUT2D eigenvalue weighted by Crippen LogP contribution is 2.27. The van der Waals surface area contributed by atoms with Crippen LogP contribution >= 0.6 is 0 Å². The van der Waals surface area contributed by atoms with E-state index in [0.29, 0.717) is 5.06 Å². The van der Waals surface area contributed by atoms with Gasteiger partial charge < -0.3 is 4.84 Å². The summed E-state index contributed by atoms with van der Waals surface area (Å²) in [5.74, 6) is -1.39. The van der Waals surface area contributed by atoms with Crippen molar-refractivity contribution in [3.8, 4) is 0 Å². The Kier molecular flexibility index (Phi) is 4.26. The minimum atomic E-state index is -0.521. The summed E-state index contributed by atoms with van der Waals surface area (Å²) in [5.41, 5.74) is -0.169. The molecule has 0 spiro atoms. The molecule has 1 fully saturated rings. The van der Waals surface area contributed by atoms with Gasteiger partial charge in [0.2, 0.25) is 0 Å². The number of hydrogen-bond acceptors (Lipinski definition) is 4. The van der Waals surface area contributed by atoms with Gasteiger partial charge in [-0.3, -0.25) is 9.59 Å². The van der Waals surface area contributed by atoms with Crippen molar-refractivity contribution in [3.05, 3.63) is 0 Å². The van der Waals surface area contributed by atoms with Crippen molar-refractivity contribution in [2.24, 2.45) is 5.41 Å². The van der Waals surface area contributed by atoms with E-state index in [9.17, 15) is 14.4 Å². The summed E-state index contributed by atoms with van der Waals surface area (Å²) in [6.07, 6.45) is 2.33. The molecule has 0 radical (unpaired) electrons. The first-order valence-electron chi connectivity index (χ1n) is 5.92. The lowest BCUT2D eigenvalue weighted by Crippen LogP contribution is -2.33. The summed E-state index contributed by atoms with van der Waals surface area (Å²) in [6.45, 7) is 5.97. The Bertz CT molecular complexity index is 319. The third-order valence-electron chi connectivity index (χ3n) is 2.75. The number of amides is 2. The Morgan fingerprint density at radius 3 is 2.29 bits per heavy atom. The second kappa shape index (κ2) is 5.29. The van der Waals surface area contributed by atoms with Gasteiger partial charge in [0.1, 0.15) is 0 Å². The van der Waals surface area contributed by atoms with Gasteiger partial charge in [0.25, 0.3) is 11.8 Å². The van der Waals surface area contributed by atoms with Crippen molar-refractivity contribution in [2.45, 2.75) is 52.9 Å². The third kappa shape index (κ3) is 3.84. The predicted octanol–water partition coefficient (Wildman–Crippen LogP) is 1.81. The standard InChI is InChI=1S/C12H19NO4/c1-4-7-12(2,3)8-11(16)17-13-9(14)5-6-10(13)15/h4-8H2,1-3H3. The van der Waals surface area contributed by atoms with E-state index in [1.165, 1.54) is 0 Å². The van der Waals surface area contributed by atoms with Crippen LogP contribution in [0.15, 0.2) is 0 Å². The normalized spacial score (nSPS) is 16.5. The van der Waals surface area contributed by atoms with Gasteiger partial charge in [0.15, 0.2) is 0 Å². The van der Waals surface area contributed by atoms with Crippen LogP contribution in [0.25, 0.3) is 0 Å². The molecule has 0 N–H and O–H groups in total. The number of nitrogens with zero attached hydrogens (tertiary/aromatic N) is 1. The van der Waals surface area contributed by atoms with Gasteiger partial charge in [0, 0.05) is 12.8 Å². The number of hydrogen-bond donors (Lipinski definition) is 0. The molecule has 0 atom stereocenters. The van der Waals surface area contributed by atoms with Gasteiger partial charge in [-0.25, -0.2) is 4.79 Å². The van der Waals surface area contributed by atoms with E-state index in [2.05, 4.69) is 0 Å². The van der Waals surface area contributed by atoms with Crippen molar-refractivity contribution >= 4 is 17.8 Å². The SMILES string of the molecule is CCCC(C)(C)CC(=O)ON1C(=O)CCC1=O. The number of carbonyl (C=O) groups is 3. The topological polar surface area (TPSA) is 63.7 Å². The zero-order valence-corrected chi connectivity index (χ0v) is 10.6. The number of imide groups is 1. The van der Waals surface area contributed by atoms with Crippen molar-refractivity contribution < 1.29 is 19.2 Å². The number of hydroxylamine groups is 2. The van der Waals surface area contributed by atoms with Crippen LogP contribution in [0, 0.1) is 5.41 Å². The second-order valence-corrected chi connectivity index (χ2v) is 5.14. The monoisotopic (exact) mass is 241 g/mol. The summed E-state index contributed by atoms with van der Waals surface area (Å²) in [7, 11) is 0. The largest absolute Gasteiger partial charge is 0.333 e. The molecule has 96 valence electrons. The predicted molar refractivity (Wildman–Crippen MR) is 60.5 cm³/mol. The lowest BCUT2D eigenvalue weighted by Gasteiger charge is -2.23. The summed E-state index contributed by atoms with van der Waals surface area (Å²) in [4.78, 5) is 38.9. The van der Waals surface area contributed by atoms with E-state index in [1.54, 1.807) is 0 Å². The van der Waals surface area contributed by atoms with Crippen LogP contribution in [-0.2, 0) is 19.2 Å². The van der Waals surface area contributed by atoms with Gasteiger partial charge in [0.05, 0.1) is 6.42 Å². The highest BCUT2D eigenvalue weighted by molar-refractivity contribution is 6.01. The average Bonchev–Trinajstić information content (AvgIpc) is 2.48. The molecule has 5 nitrogen and oxygen atoms in total. The fraction of sp³-hybridized carbons (Fsp3) is 0.750. The lowest BCUT2D eigenvalue weighted by atomic mass is 9.85. The molecular weight excluding hydrogens is 222 g/mol. The molecule has 1 saturated heterocycles. The molecule has 0 aliphatic carbocycles. The fourth-order valence-electron chi connectivity index (χ4n) is 1.95. The zero-order chi connectivity index (χ0) is 13.1. The zero-order valence-electron chi connectivity index (χ0n) is 10.6. The third-order valence-corrected chi connectivity index (χ3v) is 2.75. The average molecular weight is 241 g/mol. The maximum atomic E-state index is 11.6. The van der Waals surface area contributed by atoms with E-state index < -0.39 is 17.8 Å². The summed E-state index contributed by atoms with van der Waals surface area (Å²) >= 11 is 0. The maximum absolute atomic E-state index is 11.6. The molecule has 0 aromatic carbocycles. The fourth-order valence-corrected chi connectivity index (χ4v) is 1.95. The van der Waals surface area contributed by atoms with Gasteiger partial charge in [-0.2, -0.15) is 0 Å². The van der Waals surface area contributed by atoms with Crippen LogP contribution in [0.4, 0.5) is 0 Å². The number of carbonyl (C=O) groups excluding carboxylic acids is 3. The molecule has 1 aliphatic rings. The van der Waals surface area contributed by atoms with Crippen molar-refractivity contribution in [1.82, 2.24) is 5.06 Å². The van der Waals surface area contributed by atoms with Crippen molar-refractivity contribution in [1.29, 1.82) is 0 Å². The van der Waals surface area contributed by atoms with E-state index in [1.807, 2.05) is 20.8 Å². The first-order valence-corrected chi connectivity index (χ1v) is 5.92. The van der Waals surface area contributed by atoms with Crippen LogP contribution in [-0.4, -0.2) is 22.8 Å². The molecular formula is C12H19NO4. The van der Waals surface area contributed by atoms with E-state index >= 15 is 0 Å². The highest BCUT2D eigenvalue weighted by atomic mass is 16.7. The van der Waals surface area contributed by atoms with Gasteiger partial charge in [-0.05, 0) is 11.8 Å². The maximum Gasteiger partial charge on any atom is 0.333 e. The van der Waals surface area contributed by atoms with Crippen LogP contribution in [0.1, 0.15) is 52.9 Å². The van der Waals surface area contributed by atoms with E-state index in [-0.39, 0.29) is 24.7 Å². The Labute approximate surface area is 101 Å². The Hall–Kier alpha value is -1.39. The van der Waals surface area contributed by atoms with Gasteiger partial charge in [-0.15, -0.1) is 5.06 Å². The summed E-state index contributed by atoms with van der Waals surface area (Å²) < 4.78 is 0. The Morgan fingerprint density at radius 1 is 1.29 bits per heavy atom. The second-order valence-electron chi connectivity index (χ2n) is 5.14. The quantitative estimate of drug-likeness (QED) is 0.688. The minimum Gasteiger partial charge on any atom is -0.330 e. The van der Waals surface area contributed by atoms with E-state index in [4.69, 9.17) is 4.84 Å². The molecule has 1 aliphatic heterocycles. The first-order chi connectivity index (χ1) is 7.85. The van der Waals surface area contributed by atoms with Crippen LogP contribution in [0.3, 0.4) is 0 Å². The molecule has 17 heavy (non-hydrogen) atoms. The van der Waals surface area contributed by atoms with Crippen LogP contribution in [0.5, 0.6) is 0 Å². The first kappa shape index (κ1) is 13.7. The van der Waals surface area contributed by atoms with Crippen molar-refractivity contribution in [2.75, 3.05) is 0 Å². The molecule has 0 unspecified atom stereocenters. The van der Waals surface area contributed by atoms with Gasteiger partial charge in [-0.1, -0.05) is 27.2 Å². The van der Waals surface area contributed by atoms with Crippen LogP contribution in [0.2, 0.25) is 0 Å². The molecule has 1 heterocycles. The number of rotatable bonds is 5. The molecule has 0 aromatic heterocycles. The molecule has 0 bridgehead atoms. The summed E-state index contributed by atoms with van der Waals surface area (Å²) in [6, 6.07) is 0. The molecule has 5 heteroatoms. The van der Waals surface area contributed by atoms with E-state index in [0.717, 1.165) is 12.8 Å². The van der Waals surface area contributed by atoms with Crippen molar-refractivity contribution in [3.63, 3.8) is 0 Å². The van der Waals surface area contributed by atoms with Crippen LogP contribution < -0.4 is 0 Å². The smallest absolute Gasteiger partial charge is 0.330 e. The Morgan fingerprint density at radius 2 is 1.82 bits per heavy atom. The Balaban J connectivity index is 2.49. The molecule has 1 rings (SSSR count). The molecule has 2 amide bonds. The molecule has 0 aromatic rings. The molecule has 0 saturated carbocycles. The lowest BCUT2D eigenvalue weighted by molar-refractivity contribution is -0.199. The van der Waals surface area contributed by atoms with Gasteiger partial charge >= 0.3 is 5.97 Å².